The third kappa shape index (κ3) is 2.84. The molecule has 0 bridgehead atoms. The summed E-state index contributed by atoms with van der Waals surface area (Å²) in [6.45, 7) is 3.03. The van der Waals surface area contributed by atoms with E-state index in [2.05, 4.69) is 14.9 Å². The van der Waals surface area contributed by atoms with Crippen molar-refractivity contribution in [2.75, 3.05) is 35.2 Å². The van der Waals surface area contributed by atoms with Crippen LogP contribution in [0.5, 0.6) is 0 Å². The second kappa shape index (κ2) is 6.05. The lowest BCUT2D eigenvalue weighted by Gasteiger charge is -2.23. The first-order valence-electron chi connectivity index (χ1n) is 8.26. The first-order valence-corrected chi connectivity index (χ1v) is 9.91. The van der Waals surface area contributed by atoms with Crippen LogP contribution in [0.25, 0.3) is 0 Å². The predicted octanol–water partition coefficient (Wildman–Crippen LogP) is 1.87. The van der Waals surface area contributed by atoms with E-state index in [0.29, 0.717) is 18.0 Å². The van der Waals surface area contributed by atoms with Gasteiger partial charge in [0.2, 0.25) is 0 Å². The molecule has 0 N–H and O–H groups in total. The van der Waals surface area contributed by atoms with Crippen molar-refractivity contribution in [3.8, 4) is 0 Å². The van der Waals surface area contributed by atoms with Crippen LogP contribution in [0, 0.1) is 0 Å². The molecule has 2 aliphatic rings. The summed E-state index contributed by atoms with van der Waals surface area (Å²) >= 11 is 0. The van der Waals surface area contributed by atoms with Gasteiger partial charge in [-0.15, -0.1) is 0 Å². The van der Waals surface area contributed by atoms with E-state index in [1.165, 1.54) is 12.8 Å². The van der Waals surface area contributed by atoms with Gasteiger partial charge in [-0.3, -0.25) is 0 Å². The molecule has 1 saturated heterocycles. The zero-order chi connectivity index (χ0) is 16.6. The number of benzene rings is 1. The number of hydrogen-bond donors (Lipinski definition) is 0. The number of fused-ring (bicyclic) bond motifs is 1. The van der Waals surface area contributed by atoms with Crippen molar-refractivity contribution in [3.05, 3.63) is 42.2 Å². The number of sulfone groups is 1. The van der Waals surface area contributed by atoms with Crippen LogP contribution in [0.3, 0.4) is 0 Å². The summed E-state index contributed by atoms with van der Waals surface area (Å²) in [5.74, 6) is 1.82. The van der Waals surface area contributed by atoms with Crippen LogP contribution in [0.15, 0.2) is 41.6 Å². The van der Waals surface area contributed by atoms with E-state index in [1.54, 1.807) is 18.5 Å². The number of aromatic nitrogens is 2. The molecule has 0 unspecified atom stereocenters. The van der Waals surface area contributed by atoms with Gasteiger partial charge in [-0.1, -0.05) is 18.2 Å². The number of hydrogen-bond acceptors (Lipinski definition) is 6. The maximum absolute atomic E-state index is 12.5. The summed E-state index contributed by atoms with van der Waals surface area (Å²) in [4.78, 5) is 13.5. The summed E-state index contributed by atoms with van der Waals surface area (Å²) in [6, 6.07) is 9.22. The fourth-order valence-corrected chi connectivity index (χ4v) is 4.89. The molecular weight excluding hydrogens is 324 g/mol. The Morgan fingerprint density at radius 3 is 2.42 bits per heavy atom. The number of anilines is 2. The van der Waals surface area contributed by atoms with Crippen molar-refractivity contribution in [3.63, 3.8) is 0 Å². The molecule has 126 valence electrons. The van der Waals surface area contributed by atoms with Gasteiger partial charge in [-0.2, -0.15) is 0 Å². The van der Waals surface area contributed by atoms with Crippen LogP contribution in [0.4, 0.5) is 11.6 Å². The van der Waals surface area contributed by atoms with Crippen molar-refractivity contribution >= 4 is 21.5 Å². The molecule has 3 heterocycles. The highest BCUT2D eigenvalue weighted by Crippen LogP contribution is 2.27. The monoisotopic (exact) mass is 344 g/mol. The summed E-state index contributed by atoms with van der Waals surface area (Å²) in [6.07, 6.45) is 3.96. The van der Waals surface area contributed by atoms with Crippen LogP contribution >= 0.6 is 0 Å². The molecule has 0 amide bonds. The zero-order valence-electron chi connectivity index (χ0n) is 13.4. The van der Waals surface area contributed by atoms with E-state index in [-0.39, 0.29) is 5.75 Å². The maximum atomic E-state index is 12.5. The lowest BCUT2D eigenvalue weighted by Crippen LogP contribution is -2.27. The van der Waals surface area contributed by atoms with Crippen LogP contribution < -0.4 is 9.80 Å². The molecule has 0 aliphatic carbocycles. The summed E-state index contributed by atoms with van der Waals surface area (Å²) in [5, 5.41) is 0. The Bertz CT molecular complexity index is 847. The minimum Gasteiger partial charge on any atom is -0.356 e. The van der Waals surface area contributed by atoms with Crippen molar-refractivity contribution in [1.82, 2.24) is 9.97 Å². The first kappa shape index (κ1) is 15.4. The van der Waals surface area contributed by atoms with E-state index in [9.17, 15) is 8.42 Å². The topological polar surface area (TPSA) is 66.4 Å². The summed E-state index contributed by atoms with van der Waals surface area (Å²) < 4.78 is 25.0. The molecule has 1 aromatic carbocycles. The highest BCUT2D eigenvalue weighted by Gasteiger charge is 2.26. The van der Waals surface area contributed by atoms with E-state index in [0.717, 1.165) is 30.3 Å². The van der Waals surface area contributed by atoms with Gasteiger partial charge in [-0.25, -0.2) is 18.4 Å². The minimum atomic E-state index is -3.24. The molecule has 2 aliphatic heterocycles. The van der Waals surface area contributed by atoms with Gasteiger partial charge in [0.05, 0.1) is 10.6 Å². The maximum Gasteiger partial charge on any atom is 0.180 e. The van der Waals surface area contributed by atoms with Crippen LogP contribution in [-0.2, 0) is 16.4 Å². The fourth-order valence-electron chi connectivity index (χ4n) is 3.39. The SMILES string of the molecule is O=S1(=O)CCN(c2cc(N3CCCC3)ncn2)Cc2ccccc21. The van der Waals surface area contributed by atoms with E-state index < -0.39 is 9.84 Å². The van der Waals surface area contributed by atoms with Crippen molar-refractivity contribution < 1.29 is 8.42 Å². The van der Waals surface area contributed by atoms with E-state index in [4.69, 9.17) is 0 Å². The standard InChI is InChI=1S/C17H20N4O2S/c22-24(23)10-9-21(12-14-5-1-2-6-15(14)24)17-11-16(18-13-19-17)20-7-3-4-8-20/h1-2,5-6,11,13H,3-4,7-10,12H2. The normalized spacial score (nSPS) is 19.8. The van der Waals surface area contributed by atoms with Crippen molar-refractivity contribution in [1.29, 1.82) is 0 Å². The third-order valence-electron chi connectivity index (χ3n) is 4.69. The van der Waals surface area contributed by atoms with Gasteiger partial charge in [0, 0.05) is 32.2 Å². The largest absolute Gasteiger partial charge is 0.356 e. The number of nitrogens with zero attached hydrogens (tertiary/aromatic N) is 4. The molecule has 24 heavy (non-hydrogen) atoms. The van der Waals surface area contributed by atoms with Gasteiger partial charge in [0.1, 0.15) is 18.0 Å². The third-order valence-corrected chi connectivity index (χ3v) is 6.48. The molecule has 1 aromatic heterocycles. The second-order valence-corrected chi connectivity index (χ2v) is 8.35. The van der Waals surface area contributed by atoms with Gasteiger partial charge in [-0.05, 0) is 24.5 Å². The highest BCUT2D eigenvalue weighted by molar-refractivity contribution is 7.91. The van der Waals surface area contributed by atoms with E-state index in [1.807, 2.05) is 23.1 Å². The molecular formula is C17H20N4O2S. The van der Waals surface area contributed by atoms with Crippen LogP contribution in [-0.4, -0.2) is 43.8 Å². The molecule has 0 atom stereocenters. The summed E-state index contributed by atoms with van der Waals surface area (Å²) in [5.41, 5.74) is 0.830. The molecule has 2 aromatic rings. The Balaban J connectivity index is 1.67. The molecule has 0 spiro atoms. The van der Waals surface area contributed by atoms with Crippen molar-refractivity contribution in [2.24, 2.45) is 0 Å². The molecule has 6 nitrogen and oxygen atoms in total. The van der Waals surface area contributed by atoms with Gasteiger partial charge < -0.3 is 9.80 Å². The average Bonchev–Trinajstić information content (AvgIpc) is 3.09. The second-order valence-electron chi connectivity index (χ2n) is 6.28. The lowest BCUT2D eigenvalue weighted by atomic mass is 10.2. The Morgan fingerprint density at radius 1 is 0.917 bits per heavy atom. The zero-order valence-corrected chi connectivity index (χ0v) is 14.2. The average molecular weight is 344 g/mol. The molecule has 1 fully saturated rings. The Kier molecular flexibility index (Phi) is 3.88. The van der Waals surface area contributed by atoms with Crippen molar-refractivity contribution in [2.45, 2.75) is 24.3 Å². The Morgan fingerprint density at radius 2 is 1.62 bits per heavy atom. The van der Waals surface area contributed by atoms with Crippen LogP contribution in [0.1, 0.15) is 18.4 Å². The molecule has 0 saturated carbocycles. The fraction of sp³-hybridized carbons (Fsp3) is 0.412. The lowest BCUT2D eigenvalue weighted by molar-refractivity contribution is 0.596. The van der Waals surface area contributed by atoms with Gasteiger partial charge >= 0.3 is 0 Å². The molecule has 0 radical (unpaired) electrons. The van der Waals surface area contributed by atoms with Crippen LogP contribution in [0.2, 0.25) is 0 Å². The summed E-state index contributed by atoms with van der Waals surface area (Å²) in [7, 11) is -3.24. The molecule has 4 rings (SSSR count). The van der Waals surface area contributed by atoms with Gasteiger partial charge in [0.15, 0.2) is 9.84 Å². The predicted molar refractivity (Wildman–Crippen MR) is 93.0 cm³/mol. The smallest absolute Gasteiger partial charge is 0.180 e. The number of rotatable bonds is 2. The highest BCUT2D eigenvalue weighted by atomic mass is 32.2. The van der Waals surface area contributed by atoms with E-state index >= 15 is 0 Å². The minimum absolute atomic E-state index is 0.104. The Hall–Kier alpha value is -2.15. The molecule has 7 heteroatoms. The van der Waals surface area contributed by atoms with Gasteiger partial charge in [0.25, 0.3) is 0 Å². The Labute approximate surface area is 142 Å². The first-order chi connectivity index (χ1) is 11.6. The quantitative estimate of drug-likeness (QED) is 0.829.